The minimum absolute atomic E-state index is 0.309. The van der Waals surface area contributed by atoms with Crippen molar-refractivity contribution in [2.24, 2.45) is 0 Å². The van der Waals surface area contributed by atoms with Crippen LogP contribution in [0, 0.1) is 6.92 Å². The van der Waals surface area contributed by atoms with Crippen molar-refractivity contribution in [2.45, 2.75) is 44.3 Å². The molecule has 1 unspecified atom stereocenters. The zero-order valence-corrected chi connectivity index (χ0v) is 16.2. The third kappa shape index (κ3) is 4.83. The van der Waals surface area contributed by atoms with Crippen molar-refractivity contribution in [1.29, 1.82) is 0 Å². The largest absolute Gasteiger partial charge is 0.289 e. The van der Waals surface area contributed by atoms with Crippen LogP contribution < -0.4 is 5.48 Å². The molecule has 6 heteroatoms. The van der Waals surface area contributed by atoms with Crippen LogP contribution in [0.4, 0.5) is 0 Å². The summed E-state index contributed by atoms with van der Waals surface area (Å²) in [5, 5.41) is 8.84. The Bertz CT molecular complexity index is 650. The van der Waals surface area contributed by atoms with Crippen LogP contribution in [0.25, 0.3) is 9.75 Å². The molecule has 23 heavy (non-hydrogen) atoms. The van der Waals surface area contributed by atoms with Gasteiger partial charge in [-0.1, -0.05) is 6.42 Å². The molecule has 2 heterocycles. The van der Waals surface area contributed by atoms with Gasteiger partial charge in [-0.15, -0.1) is 34.4 Å². The lowest BCUT2D eigenvalue weighted by atomic mass is 10.0. The van der Waals surface area contributed by atoms with Crippen LogP contribution >= 0.6 is 34.4 Å². The summed E-state index contributed by atoms with van der Waals surface area (Å²) in [6.07, 6.45) is 5.74. The van der Waals surface area contributed by atoms with Crippen LogP contribution in [0.5, 0.6) is 0 Å². The van der Waals surface area contributed by atoms with Crippen LogP contribution in [0.1, 0.15) is 35.9 Å². The van der Waals surface area contributed by atoms with E-state index in [-0.39, 0.29) is 5.91 Å². The predicted molar refractivity (Wildman–Crippen MR) is 102 cm³/mol. The molecule has 2 N–H and O–H groups in total. The highest BCUT2D eigenvalue weighted by atomic mass is 32.2. The normalized spacial score (nSPS) is 13.7. The second kappa shape index (κ2) is 8.33. The number of carbonyl (C=O) groups is 1. The number of amides is 1. The summed E-state index contributed by atoms with van der Waals surface area (Å²) >= 11 is 5.18. The molecule has 0 radical (unpaired) electrons. The number of rotatable bonds is 8. The number of thioether (sulfide) groups is 1. The molecular formula is C17H23NO2S3. The highest BCUT2D eigenvalue weighted by molar-refractivity contribution is 8.00. The smallest absolute Gasteiger partial charge is 0.259 e. The third-order valence-corrected chi connectivity index (χ3v) is 7.64. The second-order valence-electron chi connectivity index (χ2n) is 5.76. The van der Waals surface area contributed by atoms with E-state index in [1.54, 1.807) is 5.48 Å². The van der Waals surface area contributed by atoms with E-state index in [4.69, 9.17) is 5.21 Å². The molecule has 1 amide bonds. The number of hydrogen-bond acceptors (Lipinski definition) is 5. The molecule has 0 saturated carbocycles. The molecule has 2 rings (SSSR count). The van der Waals surface area contributed by atoms with Crippen molar-refractivity contribution in [1.82, 2.24) is 5.48 Å². The first-order chi connectivity index (χ1) is 11.0. The second-order valence-corrected chi connectivity index (χ2v) is 9.52. The highest BCUT2D eigenvalue weighted by Crippen LogP contribution is 2.34. The number of unbranched alkanes of at least 4 members (excludes halogenated alkanes) is 1. The Labute approximate surface area is 150 Å². The standard InChI is InChI=1S/C17H23NO2S3/c1-12-7-9-14(22-12)15-10-8-13(23-15)6-4-5-11-17(2,21-3)16(19)18-20/h7-10,20H,4-6,11H2,1-3H3,(H,18,19). The van der Waals surface area contributed by atoms with Crippen molar-refractivity contribution >= 4 is 40.3 Å². The van der Waals surface area contributed by atoms with Gasteiger partial charge in [-0.2, -0.15) is 0 Å². The average Bonchev–Trinajstić information content (AvgIpc) is 3.19. The fraction of sp³-hybridized carbons (Fsp3) is 0.471. The zero-order chi connectivity index (χ0) is 16.9. The molecule has 3 nitrogen and oxygen atoms in total. The van der Waals surface area contributed by atoms with Gasteiger partial charge in [-0.05, 0) is 63.6 Å². The number of hydroxylamine groups is 1. The molecular weight excluding hydrogens is 346 g/mol. The van der Waals surface area contributed by atoms with Crippen molar-refractivity contribution in [3.8, 4) is 9.75 Å². The summed E-state index contributed by atoms with van der Waals surface area (Å²) in [5.74, 6) is -0.309. The van der Waals surface area contributed by atoms with Gasteiger partial charge in [0.1, 0.15) is 0 Å². The molecule has 0 aliphatic rings. The molecule has 126 valence electrons. The number of nitrogens with one attached hydrogen (secondary N) is 1. The molecule has 1 atom stereocenters. The van der Waals surface area contributed by atoms with E-state index in [9.17, 15) is 4.79 Å². The Kier molecular flexibility index (Phi) is 6.71. The first-order valence-electron chi connectivity index (χ1n) is 7.64. The summed E-state index contributed by atoms with van der Waals surface area (Å²) < 4.78 is -0.552. The SMILES string of the molecule is CSC(C)(CCCCc1ccc(-c2ccc(C)s2)s1)C(=O)NO. The van der Waals surface area contributed by atoms with Crippen LogP contribution in [0.15, 0.2) is 24.3 Å². The number of aryl methyl sites for hydroxylation is 2. The summed E-state index contributed by atoms with van der Waals surface area (Å²) in [6, 6.07) is 8.77. The molecule has 0 aromatic carbocycles. The topological polar surface area (TPSA) is 49.3 Å². The monoisotopic (exact) mass is 369 g/mol. The van der Waals surface area contributed by atoms with Gasteiger partial charge in [0.25, 0.3) is 5.91 Å². The van der Waals surface area contributed by atoms with Crippen LogP contribution in [-0.2, 0) is 11.2 Å². The van der Waals surface area contributed by atoms with E-state index in [0.717, 1.165) is 25.7 Å². The summed E-state index contributed by atoms with van der Waals surface area (Å²) in [6.45, 7) is 4.01. The van der Waals surface area contributed by atoms with Crippen LogP contribution in [0.3, 0.4) is 0 Å². The molecule has 2 aromatic heterocycles. The van der Waals surface area contributed by atoms with Crippen molar-refractivity contribution < 1.29 is 10.0 Å². The lowest BCUT2D eigenvalue weighted by molar-refractivity contribution is -0.131. The van der Waals surface area contributed by atoms with Crippen molar-refractivity contribution in [3.05, 3.63) is 34.0 Å². The summed E-state index contributed by atoms with van der Waals surface area (Å²) in [7, 11) is 0. The minimum Gasteiger partial charge on any atom is -0.289 e. The van der Waals surface area contributed by atoms with E-state index in [1.165, 1.54) is 31.3 Å². The lowest BCUT2D eigenvalue weighted by Gasteiger charge is -2.24. The highest BCUT2D eigenvalue weighted by Gasteiger charge is 2.31. The molecule has 0 aliphatic heterocycles. The summed E-state index contributed by atoms with van der Waals surface area (Å²) in [4.78, 5) is 17.1. The van der Waals surface area contributed by atoms with Crippen LogP contribution in [-0.4, -0.2) is 22.1 Å². The van der Waals surface area contributed by atoms with E-state index < -0.39 is 4.75 Å². The third-order valence-electron chi connectivity index (χ3n) is 4.00. The molecule has 2 aromatic rings. The van der Waals surface area contributed by atoms with E-state index >= 15 is 0 Å². The van der Waals surface area contributed by atoms with E-state index in [0.29, 0.717) is 0 Å². The van der Waals surface area contributed by atoms with E-state index in [2.05, 4.69) is 31.2 Å². The fourth-order valence-corrected chi connectivity index (χ4v) is 4.99. The average molecular weight is 370 g/mol. The van der Waals surface area contributed by atoms with E-state index in [1.807, 2.05) is 35.9 Å². The quantitative estimate of drug-likeness (QED) is 0.385. The van der Waals surface area contributed by atoms with Crippen molar-refractivity contribution in [2.75, 3.05) is 6.26 Å². The maximum atomic E-state index is 11.7. The molecule has 0 fully saturated rings. The number of carbonyl (C=O) groups excluding carboxylic acids is 1. The zero-order valence-electron chi connectivity index (χ0n) is 13.7. The summed E-state index contributed by atoms with van der Waals surface area (Å²) in [5.41, 5.74) is 1.78. The minimum atomic E-state index is -0.552. The Morgan fingerprint density at radius 2 is 1.91 bits per heavy atom. The van der Waals surface area contributed by atoms with Crippen LogP contribution in [0.2, 0.25) is 0 Å². The van der Waals surface area contributed by atoms with Gasteiger partial charge in [0.15, 0.2) is 0 Å². The van der Waals surface area contributed by atoms with Gasteiger partial charge in [0.05, 0.1) is 4.75 Å². The molecule has 0 saturated heterocycles. The van der Waals surface area contributed by atoms with Gasteiger partial charge >= 0.3 is 0 Å². The molecule has 0 aliphatic carbocycles. The van der Waals surface area contributed by atoms with Gasteiger partial charge in [0, 0.05) is 19.5 Å². The Balaban J connectivity index is 1.83. The maximum Gasteiger partial charge on any atom is 0.259 e. The Morgan fingerprint density at radius 3 is 2.52 bits per heavy atom. The first-order valence-corrected chi connectivity index (χ1v) is 10.5. The Morgan fingerprint density at radius 1 is 1.22 bits per heavy atom. The number of thiophene rings is 2. The van der Waals surface area contributed by atoms with Gasteiger partial charge < -0.3 is 0 Å². The van der Waals surface area contributed by atoms with Gasteiger partial charge in [0.2, 0.25) is 0 Å². The lowest BCUT2D eigenvalue weighted by Crippen LogP contribution is -2.40. The fourth-order valence-electron chi connectivity index (χ4n) is 2.40. The molecule has 0 bridgehead atoms. The predicted octanol–water partition coefficient (Wildman–Crippen LogP) is 5.12. The van der Waals surface area contributed by atoms with Gasteiger partial charge in [-0.3, -0.25) is 10.0 Å². The molecule has 0 spiro atoms. The number of hydrogen-bond donors (Lipinski definition) is 2. The maximum absolute atomic E-state index is 11.7. The Hall–Kier alpha value is -0.820. The first kappa shape index (κ1) is 18.5. The van der Waals surface area contributed by atoms with Gasteiger partial charge in [-0.25, -0.2) is 5.48 Å². The van der Waals surface area contributed by atoms with Crippen molar-refractivity contribution in [3.63, 3.8) is 0 Å².